The van der Waals surface area contributed by atoms with E-state index in [-0.39, 0.29) is 0 Å². The highest BCUT2D eigenvalue weighted by Crippen LogP contribution is 2.13. The Morgan fingerprint density at radius 2 is 2.10 bits per heavy atom. The number of ether oxygens (including phenoxy) is 1. The maximum absolute atomic E-state index is 5.56. The molecule has 1 saturated heterocycles. The van der Waals surface area contributed by atoms with Crippen LogP contribution in [-0.4, -0.2) is 43.3 Å². The molecule has 1 unspecified atom stereocenters. The van der Waals surface area contributed by atoms with E-state index in [1.54, 1.807) is 0 Å². The zero-order valence-electron chi connectivity index (χ0n) is 12.8. The van der Waals surface area contributed by atoms with Crippen LogP contribution in [0.2, 0.25) is 0 Å². The van der Waals surface area contributed by atoms with Crippen molar-refractivity contribution in [3.63, 3.8) is 0 Å². The van der Waals surface area contributed by atoms with Gasteiger partial charge in [0, 0.05) is 32.3 Å². The smallest absolute Gasteiger partial charge is 0.0518 e. The van der Waals surface area contributed by atoms with Crippen LogP contribution in [0.25, 0.3) is 0 Å². The molecule has 0 spiro atoms. The summed E-state index contributed by atoms with van der Waals surface area (Å²) < 4.78 is 5.56. The lowest BCUT2D eigenvalue weighted by Gasteiger charge is -2.17. The number of rotatable bonds is 8. The van der Waals surface area contributed by atoms with E-state index in [4.69, 9.17) is 4.74 Å². The van der Waals surface area contributed by atoms with Gasteiger partial charge in [-0.15, -0.1) is 0 Å². The molecule has 1 fully saturated rings. The summed E-state index contributed by atoms with van der Waals surface area (Å²) in [6, 6.07) is 11.4. The van der Waals surface area contributed by atoms with E-state index in [0.717, 1.165) is 26.1 Å². The first-order valence-corrected chi connectivity index (χ1v) is 7.85. The zero-order chi connectivity index (χ0) is 14.2. The van der Waals surface area contributed by atoms with Crippen LogP contribution < -0.4 is 5.32 Å². The molecule has 0 saturated carbocycles. The van der Waals surface area contributed by atoms with Gasteiger partial charge in [-0.25, -0.2) is 0 Å². The predicted molar refractivity (Wildman–Crippen MR) is 83.8 cm³/mol. The summed E-state index contributed by atoms with van der Waals surface area (Å²) in [5.74, 6) is 0. The standard InChI is InChI=1S/C17H28N2O/c1-15(2)20-12-6-10-18-17-9-11-19(14-17)13-16-7-4-3-5-8-16/h3-5,7-8,15,17-18H,6,9-14H2,1-2H3. The number of hydrogen-bond donors (Lipinski definition) is 1. The summed E-state index contributed by atoms with van der Waals surface area (Å²) in [5.41, 5.74) is 1.42. The fourth-order valence-electron chi connectivity index (χ4n) is 2.68. The van der Waals surface area contributed by atoms with Gasteiger partial charge < -0.3 is 10.1 Å². The molecule has 0 bridgehead atoms. The highest BCUT2D eigenvalue weighted by atomic mass is 16.5. The molecule has 1 aliphatic rings. The molecule has 1 heterocycles. The van der Waals surface area contributed by atoms with Crippen LogP contribution in [0.3, 0.4) is 0 Å². The molecule has 20 heavy (non-hydrogen) atoms. The van der Waals surface area contributed by atoms with Crippen molar-refractivity contribution in [3.05, 3.63) is 35.9 Å². The molecule has 0 aromatic heterocycles. The summed E-state index contributed by atoms with van der Waals surface area (Å²) >= 11 is 0. The van der Waals surface area contributed by atoms with Crippen LogP contribution in [0.4, 0.5) is 0 Å². The van der Waals surface area contributed by atoms with Gasteiger partial charge in [0.1, 0.15) is 0 Å². The van der Waals surface area contributed by atoms with E-state index >= 15 is 0 Å². The van der Waals surface area contributed by atoms with Gasteiger partial charge in [-0.1, -0.05) is 30.3 Å². The summed E-state index contributed by atoms with van der Waals surface area (Å²) in [6.07, 6.45) is 2.72. The molecule has 1 aromatic rings. The largest absolute Gasteiger partial charge is 0.379 e. The summed E-state index contributed by atoms with van der Waals surface area (Å²) in [6.45, 7) is 9.56. The highest BCUT2D eigenvalue weighted by molar-refractivity contribution is 5.14. The fourth-order valence-corrected chi connectivity index (χ4v) is 2.68. The molecule has 0 radical (unpaired) electrons. The van der Waals surface area contributed by atoms with E-state index < -0.39 is 0 Å². The van der Waals surface area contributed by atoms with Gasteiger partial charge in [0.05, 0.1) is 6.10 Å². The third-order valence-corrected chi connectivity index (χ3v) is 3.73. The molecular formula is C17H28N2O. The van der Waals surface area contributed by atoms with Crippen LogP contribution in [0.5, 0.6) is 0 Å². The Labute approximate surface area is 123 Å². The Balaban J connectivity index is 1.58. The number of likely N-dealkylation sites (tertiary alicyclic amines) is 1. The minimum absolute atomic E-state index is 0.350. The predicted octanol–water partition coefficient (Wildman–Crippen LogP) is 2.67. The molecular weight excluding hydrogens is 248 g/mol. The van der Waals surface area contributed by atoms with Crippen molar-refractivity contribution < 1.29 is 4.74 Å². The number of benzene rings is 1. The van der Waals surface area contributed by atoms with Crippen molar-refractivity contribution in [2.24, 2.45) is 0 Å². The Bertz CT molecular complexity index is 367. The van der Waals surface area contributed by atoms with Gasteiger partial charge in [-0.05, 0) is 38.8 Å². The van der Waals surface area contributed by atoms with E-state index in [2.05, 4.69) is 54.4 Å². The molecule has 1 N–H and O–H groups in total. The average Bonchev–Trinajstić information content (AvgIpc) is 2.87. The molecule has 2 rings (SSSR count). The van der Waals surface area contributed by atoms with Gasteiger partial charge in [0.25, 0.3) is 0 Å². The number of hydrogen-bond acceptors (Lipinski definition) is 3. The Morgan fingerprint density at radius 1 is 1.30 bits per heavy atom. The molecule has 0 aliphatic carbocycles. The molecule has 3 heteroatoms. The van der Waals surface area contributed by atoms with Crippen molar-refractivity contribution >= 4 is 0 Å². The SMILES string of the molecule is CC(C)OCCCNC1CCN(Cc2ccccc2)C1. The first kappa shape index (κ1) is 15.5. The fraction of sp³-hybridized carbons (Fsp3) is 0.647. The highest BCUT2D eigenvalue weighted by Gasteiger charge is 2.21. The van der Waals surface area contributed by atoms with Gasteiger partial charge in [-0.2, -0.15) is 0 Å². The minimum Gasteiger partial charge on any atom is -0.379 e. The monoisotopic (exact) mass is 276 g/mol. The molecule has 1 aromatic carbocycles. The lowest BCUT2D eigenvalue weighted by molar-refractivity contribution is 0.0767. The van der Waals surface area contributed by atoms with Gasteiger partial charge >= 0.3 is 0 Å². The third-order valence-electron chi connectivity index (χ3n) is 3.73. The van der Waals surface area contributed by atoms with Crippen molar-refractivity contribution in [1.29, 1.82) is 0 Å². The molecule has 1 atom stereocenters. The average molecular weight is 276 g/mol. The maximum Gasteiger partial charge on any atom is 0.0518 e. The summed E-state index contributed by atoms with van der Waals surface area (Å²) in [4.78, 5) is 2.54. The van der Waals surface area contributed by atoms with E-state index in [0.29, 0.717) is 12.1 Å². The normalized spacial score (nSPS) is 19.9. The van der Waals surface area contributed by atoms with Gasteiger partial charge in [-0.3, -0.25) is 4.90 Å². The first-order valence-electron chi connectivity index (χ1n) is 7.85. The van der Waals surface area contributed by atoms with Crippen LogP contribution in [0, 0.1) is 0 Å². The topological polar surface area (TPSA) is 24.5 Å². The van der Waals surface area contributed by atoms with Crippen molar-refractivity contribution in [1.82, 2.24) is 10.2 Å². The summed E-state index contributed by atoms with van der Waals surface area (Å²) in [5, 5.41) is 3.65. The van der Waals surface area contributed by atoms with E-state index in [1.165, 1.54) is 25.1 Å². The minimum atomic E-state index is 0.350. The van der Waals surface area contributed by atoms with Crippen LogP contribution in [-0.2, 0) is 11.3 Å². The first-order chi connectivity index (χ1) is 9.74. The lowest BCUT2D eigenvalue weighted by atomic mass is 10.2. The second-order valence-electron chi connectivity index (χ2n) is 5.93. The number of nitrogens with one attached hydrogen (secondary N) is 1. The quantitative estimate of drug-likeness (QED) is 0.739. The maximum atomic E-state index is 5.56. The van der Waals surface area contributed by atoms with E-state index in [1.807, 2.05) is 0 Å². The molecule has 1 aliphatic heterocycles. The Morgan fingerprint density at radius 3 is 2.85 bits per heavy atom. The van der Waals surface area contributed by atoms with Crippen molar-refractivity contribution in [3.8, 4) is 0 Å². The van der Waals surface area contributed by atoms with Crippen molar-refractivity contribution in [2.45, 2.75) is 45.4 Å². The van der Waals surface area contributed by atoms with Crippen molar-refractivity contribution in [2.75, 3.05) is 26.2 Å². The molecule has 0 amide bonds. The second-order valence-corrected chi connectivity index (χ2v) is 5.93. The summed E-state index contributed by atoms with van der Waals surface area (Å²) in [7, 11) is 0. The van der Waals surface area contributed by atoms with Crippen LogP contribution in [0.1, 0.15) is 32.3 Å². The lowest BCUT2D eigenvalue weighted by Crippen LogP contribution is -2.33. The molecule has 112 valence electrons. The van der Waals surface area contributed by atoms with Crippen LogP contribution >= 0.6 is 0 Å². The van der Waals surface area contributed by atoms with Gasteiger partial charge in [0.2, 0.25) is 0 Å². The van der Waals surface area contributed by atoms with E-state index in [9.17, 15) is 0 Å². The Kier molecular flexibility index (Phi) is 6.51. The third kappa shape index (κ3) is 5.61. The Hall–Kier alpha value is -0.900. The zero-order valence-corrected chi connectivity index (χ0v) is 12.8. The molecule has 3 nitrogen and oxygen atoms in total. The van der Waals surface area contributed by atoms with Gasteiger partial charge in [0.15, 0.2) is 0 Å². The second kappa shape index (κ2) is 8.40. The number of nitrogens with zero attached hydrogens (tertiary/aromatic N) is 1. The van der Waals surface area contributed by atoms with Crippen LogP contribution in [0.15, 0.2) is 30.3 Å².